The Kier molecular flexibility index (Phi) is 4.97. The molecule has 2 aromatic rings. The highest BCUT2D eigenvalue weighted by Gasteiger charge is 2.10. The van der Waals surface area contributed by atoms with Crippen molar-refractivity contribution < 1.29 is 5.11 Å². The average Bonchev–Trinajstić information content (AvgIpc) is 2.46. The van der Waals surface area contributed by atoms with E-state index >= 15 is 0 Å². The minimum absolute atomic E-state index is 0.0811. The first-order valence-corrected chi connectivity index (χ1v) is 6.75. The van der Waals surface area contributed by atoms with E-state index in [9.17, 15) is 0 Å². The summed E-state index contributed by atoms with van der Waals surface area (Å²) >= 11 is 5.90. The summed E-state index contributed by atoms with van der Waals surface area (Å²) in [5.74, 6) is 0.289. The number of halogens is 1. The fourth-order valence-corrected chi connectivity index (χ4v) is 2.26. The van der Waals surface area contributed by atoms with E-state index in [-0.39, 0.29) is 12.5 Å². The molecule has 0 saturated carbocycles. The minimum atomic E-state index is 0.0811. The SMILES string of the molecule is NCC(Cc1ccc(CO)cc1)c1ccc(Cl)cc1. The second-order valence-electron chi connectivity index (χ2n) is 4.66. The maximum absolute atomic E-state index is 9.03. The van der Waals surface area contributed by atoms with Crippen LogP contribution in [0.5, 0.6) is 0 Å². The fraction of sp³-hybridized carbons (Fsp3) is 0.250. The highest BCUT2D eigenvalue weighted by molar-refractivity contribution is 6.30. The van der Waals surface area contributed by atoms with Crippen molar-refractivity contribution in [1.29, 1.82) is 0 Å². The van der Waals surface area contributed by atoms with Crippen molar-refractivity contribution in [3.63, 3.8) is 0 Å². The van der Waals surface area contributed by atoms with E-state index in [1.54, 1.807) is 0 Å². The Labute approximate surface area is 118 Å². The Morgan fingerprint density at radius 1 is 0.947 bits per heavy atom. The minimum Gasteiger partial charge on any atom is -0.392 e. The summed E-state index contributed by atoms with van der Waals surface area (Å²) in [6.45, 7) is 0.682. The van der Waals surface area contributed by atoms with E-state index in [2.05, 4.69) is 0 Å². The predicted octanol–water partition coefficient (Wildman–Crippen LogP) is 3.12. The quantitative estimate of drug-likeness (QED) is 0.881. The van der Waals surface area contributed by atoms with Crippen molar-refractivity contribution in [3.8, 4) is 0 Å². The highest BCUT2D eigenvalue weighted by atomic mass is 35.5. The lowest BCUT2D eigenvalue weighted by Gasteiger charge is -2.15. The van der Waals surface area contributed by atoms with E-state index < -0.39 is 0 Å². The molecule has 3 heteroatoms. The summed E-state index contributed by atoms with van der Waals surface area (Å²) in [7, 11) is 0. The van der Waals surface area contributed by atoms with Crippen molar-refractivity contribution in [3.05, 3.63) is 70.2 Å². The van der Waals surface area contributed by atoms with E-state index in [1.165, 1.54) is 11.1 Å². The van der Waals surface area contributed by atoms with Gasteiger partial charge in [0.1, 0.15) is 0 Å². The molecule has 2 nitrogen and oxygen atoms in total. The molecule has 0 saturated heterocycles. The third kappa shape index (κ3) is 3.80. The van der Waals surface area contributed by atoms with Crippen molar-refractivity contribution in [2.24, 2.45) is 5.73 Å². The molecule has 0 fully saturated rings. The van der Waals surface area contributed by atoms with E-state index in [1.807, 2.05) is 48.5 Å². The molecular weight excluding hydrogens is 258 g/mol. The van der Waals surface area contributed by atoms with E-state index in [0.29, 0.717) is 6.54 Å². The third-order valence-electron chi connectivity index (χ3n) is 3.31. The molecule has 0 radical (unpaired) electrons. The number of hydrogen-bond donors (Lipinski definition) is 2. The van der Waals surface area contributed by atoms with Crippen LogP contribution in [0.1, 0.15) is 22.6 Å². The second kappa shape index (κ2) is 6.71. The number of aliphatic hydroxyl groups is 1. The van der Waals surface area contributed by atoms with Crippen LogP contribution >= 0.6 is 11.6 Å². The lowest BCUT2D eigenvalue weighted by Crippen LogP contribution is -2.15. The molecule has 100 valence electrons. The second-order valence-corrected chi connectivity index (χ2v) is 5.10. The zero-order valence-electron chi connectivity index (χ0n) is 10.7. The van der Waals surface area contributed by atoms with Gasteiger partial charge in [0.25, 0.3) is 0 Å². The topological polar surface area (TPSA) is 46.2 Å². The van der Waals surface area contributed by atoms with Gasteiger partial charge < -0.3 is 10.8 Å². The van der Waals surface area contributed by atoms with Gasteiger partial charge in [-0.3, -0.25) is 0 Å². The molecule has 1 unspecified atom stereocenters. The van der Waals surface area contributed by atoms with Crippen molar-refractivity contribution >= 4 is 11.6 Å². The molecule has 0 aliphatic carbocycles. The van der Waals surface area contributed by atoms with Crippen LogP contribution in [0, 0.1) is 0 Å². The molecule has 0 aromatic heterocycles. The number of aliphatic hydroxyl groups excluding tert-OH is 1. The zero-order chi connectivity index (χ0) is 13.7. The summed E-state index contributed by atoms with van der Waals surface area (Å²) in [6, 6.07) is 15.8. The largest absolute Gasteiger partial charge is 0.392 e. The van der Waals surface area contributed by atoms with Gasteiger partial charge in [-0.05, 0) is 41.8 Å². The van der Waals surface area contributed by atoms with Crippen LogP contribution in [-0.4, -0.2) is 11.7 Å². The van der Waals surface area contributed by atoms with Gasteiger partial charge in [-0.1, -0.05) is 48.0 Å². The molecule has 19 heavy (non-hydrogen) atoms. The molecule has 0 spiro atoms. The van der Waals surface area contributed by atoms with Crippen molar-refractivity contribution in [2.45, 2.75) is 18.9 Å². The Morgan fingerprint density at radius 2 is 1.53 bits per heavy atom. The first-order chi connectivity index (χ1) is 9.22. The molecule has 2 rings (SSSR count). The van der Waals surface area contributed by atoms with Crippen LogP contribution in [0.3, 0.4) is 0 Å². The number of rotatable bonds is 5. The highest BCUT2D eigenvalue weighted by Crippen LogP contribution is 2.22. The van der Waals surface area contributed by atoms with Crippen LogP contribution < -0.4 is 5.73 Å². The fourth-order valence-electron chi connectivity index (χ4n) is 2.14. The van der Waals surface area contributed by atoms with Gasteiger partial charge in [-0.15, -0.1) is 0 Å². The molecule has 2 aromatic carbocycles. The average molecular weight is 276 g/mol. The maximum Gasteiger partial charge on any atom is 0.0681 e. The first-order valence-electron chi connectivity index (χ1n) is 6.37. The molecular formula is C16H18ClNO. The van der Waals surface area contributed by atoms with Gasteiger partial charge >= 0.3 is 0 Å². The summed E-state index contributed by atoms with van der Waals surface area (Å²) in [5, 5.41) is 9.77. The van der Waals surface area contributed by atoms with Crippen LogP contribution in [0.25, 0.3) is 0 Å². The number of nitrogens with two attached hydrogens (primary N) is 1. The number of hydrogen-bond acceptors (Lipinski definition) is 2. The Balaban J connectivity index is 2.11. The standard InChI is InChI=1S/C16H18ClNO/c17-16-7-5-14(6-8-16)15(10-18)9-12-1-3-13(11-19)4-2-12/h1-8,15,19H,9-11,18H2. The van der Waals surface area contributed by atoms with Crippen molar-refractivity contribution in [2.75, 3.05) is 6.54 Å². The maximum atomic E-state index is 9.03. The molecule has 0 bridgehead atoms. The molecule has 0 aliphatic rings. The normalized spacial score (nSPS) is 12.4. The van der Waals surface area contributed by atoms with Gasteiger partial charge in [0.15, 0.2) is 0 Å². The molecule has 1 atom stereocenters. The van der Waals surface area contributed by atoms with Gasteiger partial charge in [0.05, 0.1) is 6.61 Å². The van der Waals surface area contributed by atoms with Gasteiger partial charge in [-0.25, -0.2) is 0 Å². The molecule has 0 amide bonds. The third-order valence-corrected chi connectivity index (χ3v) is 3.57. The van der Waals surface area contributed by atoms with Gasteiger partial charge in [0.2, 0.25) is 0 Å². The smallest absolute Gasteiger partial charge is 0.0681 e. The summed E-state index contributed by atoms with van der Waals surface area (Å²) in [5.41, 5.74) is 9.24. The molecule has 3 N–H and O–H groups in total. The van der Waals surface area contributed by atoms with Crippen LogP contribution in [-0.2, 0) is 13.0 Å². The Morgan fingerprint density at radius 3 is 2.05 bits per heavy atom. The van der Waals surface area contributed by atoms with Gasteiger partial charge in [0, 0.05) is 10.9 Å². The summed E-state index contributed by atoms with van der Waals surface area (Å²) in [6.07, 6.45) is 0.893. The zero-order valence-corrected chi connectivity index (χ0v) is 11.5. The first kappa shape index (κ1) is 14.1. The van der Waals surface area contributed by atoms with Crippen molar-refractivity contribution in [1.82, 2.24) is 0 Å². The molecule has 0 aliphatic heterocycles. The van der Waals surface area contributed by atoms with Gasteiger partial charge in [-0.2, -0.15) is 0 Å². The van der Waals surface area contributed by atoms with E-state index in [4.69, 9.17) is 22.4 Å². The monoisotopic (exact) mass is 275 g/mol. The van der Waals surface area contributed by atoms with Crippen LogP contribution in [0.15, 0.2) is 48.5 Å². The summed E-state index contributed by atoms with van der Waals surface area (Å²) < 4.78 is 0. The van der Waals surface area contributed by atoms with Crippen LogP contribution in [0.4, 0.5) is 0 Å². The Bertz CT molecular complexity index is 507. The predicted molar refractivity (Wildman–Crippen MR) is 79.3 cm³/mol. The van der Waals surface area contributed by atoms with E-state index in [0.717, 1.165) is 17.0 Å². The lowest BCUT2D eigenvalue weighted by atomic mass is 9.92. The van der Waals surface area contributed by atoms with Crippen LogP contribution in [0.2, 0.25) is 5.02 Å². The number of benzene rings is 2. The molecule has 0 heterocycles. The summed E-state index contributed by atoms with van der Waals surface area (Å²) in [4.78, 5) is 0. The lowest BCUT2D eigenvalue weighted by molar-refractivity contribution is 0.282. The Hall–Kier alpha value is -1.35.